The lowest BCUT2D eigenvalue weighted by Gasteiger charge is -2.31. The average molecular weight is 426 g/mol. The van der Waals surface area contributed by atoms with Crippen molar-refractivity contribution in [2.75, 3.05) is 39.0 Å². The van der Waals surface area contributed by atoms with Crippen molar-refractivity contribution in [2.45, 2.75) is 37.5 Å². The normalized spacial score (nSPS) is 19.7. The van der Waals surface area contributed by atoms with Gasteiger partial charge in [-0.05, 0) is 30.5 Å². The molecule has 2 aromatic rings. The van der Waals surface area contributed by atoms with Crippen LogP contribution in [-0.2, 0) is 16.0 Å². The van der Waals surface area contributed by atoms with E-state index < -0.39 is 0 Å². The number of benzene rings is 1. The van der Waals surface area contributed by atoms with Crippen molar-refractivity contribution in [3.8, 4) is 0 Å². The largest absolute Gasteiger partial charge is 0.373 e. The first-order chi connectivity index (χ1) is 14.9. The highest BCUT2D eigenvalue weighted by Gasteiger charge is 2.31. The average Bonchev–Trinajstić information content (AvgIpc) is 3.12. The Balaban J connectivity index is 1.41. The minimum atomic E-state index is -0.323. The van der Waals surface area contributed by atoms with Gasteiger partial charge in [-0.15, -0.1) is 0 Å². The Morgan fingerprint density at radius 2 is 1.97 bits per heavy atom. The van der Waals surface area contributed by atoms with E-state index in [0.717, 1.165) is 30.2 Å². The SMILES string of the molecule is CNc1cc([C@@H]2CC(=O)N(C)C2)nc(C2CCN(C(=O)Cc3cccc(F)c3)CC2)n1. The maximum atomic E-state index is 13.4. The molecule has 164 valence electrons. The van der Waals surface area contributed by atoms with E-state index in [9.17, 15) is 14.0 Å². The van der Waals surface area contributed by atoms with Crippen LogP contribution in [0.5, 0.6) is 0 Å². The van der Waals surface area contributed by atoms with Gasteiger partial charge >= 0.3 is 0 Å². The maximum absolute atomic E-state index is 13.4. The van der Waals surface area contributed by atoms with Crippen LogP contribution >= 0.6 is 0 Å². The second kappa shape index (κ2) is 8.99. The van der Waals surface area contributed by atoms with Crippen molar-refractivity contribution < 1.29 is 14.0 Å². The van der Waals surface area contributed by atoms with Crippen molar-refractivity contribution in [1.29, 1.82) is 0 Å². The number of amides is 2. The Morgan fingerprint density at radius 3 is 2.61 bits per heavy atom. The molecule has 0 spiro atoms. The van der Waals surface area contributed by atoms with E-state index in [0.29, 0.717) is 31.6 Å². The fraction of sp³-hybridized carbons (Fsp3) is 0.478. The van der Waals surface area contributed by atoms with Gasteiger partial charge in [0.25, 0.3) is 0 Å². The van der Waals surface area contributed by atoms with Crippen LogP contribution in [0.25, 0.3) is 0 Å². The van der Waals surface area contributed by atoms with Gasteiger partial charge in [-0.1, -0.05) is 12.1 Å². The summed E-state index contributed by atoms with van der Waals surface area (Å²) in [4.78, 5) is 37.7. The number of rotatable bonds is 5. The minimum Gasteiger partial charge on any atom is -0.373 e. The van der Waals surface area contributed by atoms with Gasteiger partial charge in [0.15, 0.2) is 0 Å². The van der Waals surface area contributed by atoms with E-state index in [-0.39, 0.29) is 35.9 Å². The predicted octanol–water partition coefficient (Wildman–Crippen LogP) is 2.55. The fourth-order valence-electron chi connectivity index (χ4n) is 4.39. The molecule has 1 aromatic carbocycles. The van der Waals surface area contributed by atoms with Crippen molar-refractivity contribution in [2.24, 2.45) is 0 Å². The van der Waals surface area contributed by atoms with E-state index in [4.69, 9.17) is 4.98 Å². The molecule has 2 aliphatic rings. The minimum absolute atomic E-state index is 0.0159. The van der Waals surface area contributed by atoms with Crippen molar-refractivity contribution >= 4 is 17.6 Å². The van der Waals surface area contributed by atoms with Gasteiger partial charge < -0.3 is 15.1 Å². The number of nitrogens with zero attached hydrogens (tertiary/aromatic N) is 4. The predicted molar refractivity (Wildman–Crippen MR) is 115 cm³/mol. The smallest absolute Gasteiger partial charge is 0.226 e. The zero-order valence-corrected chi connectivity index (χ0v) is 18.0. The molecule has 0 unspecified atom stereocenters. The molecule has 31 heavy (non-hydrogen) atoms. The molecule has 7 nitrogen and oxygen atoms in total. The van der Waals surface area contributed by atoms with Crippen LogP contribution in [0.3, 0.4) is 0 Å². The van der Waals surface area contributed by atoms with Gasteiger partial charge in [-0.3, -0.25) is 9.59 Å². The van der Waals surface area contributed by atoms with E-state index in [1.165, 1.54) is 12.1 Å². The van der Waals surface area contributed by atoms with Gasteiger partial charge in [0, 0.05) is 58.1 Å². The quantitative estimate of drug-likeness (QED) is 0.797. The molecule has 0 radical (unpaired) electrons. The van der Waals surface area contributed by atoms with Crippen molar-refractivity contribution in [3.05, 3.63) is 53.2 Å². The Bertz CT molecular complexity index is 974. The van der Waals surface area contributed by atoms with Gasteiger partial charge in [0.1, 0.15) is 17.5 Å². The lowest BCUT2D eigenvalue weighted by Crippen LogP contribution is -2.39. The third kappa shape index (κ3) is 4.84. The second-order valence-electron chi connectivity index (χ2n) is 8.42. The second-order valence-corrected chi connectivity index (χ2v) is 8.42. The molecule has 2 aliphatic heterocycles. The highest BCUT2D eigenvalue weighted by molar-refractivity contribution is 5.79. The van der Waals surface area contributed by atoms with Crippen LogP contribution < -0.4 is 5.32 Å². The van der Waals surface area contributed by atoms with E-state index in [2.05, 4.69) is 10.3 Å². The number of hydrogen-bond acceptors (Lipinski definition) is 5. The molecule has 0 bridgehead atoms. The molecule has 0 saturated carbocycles. The number of aromatic nitrogens is 2. The van der Waals surface area contributed by atoms with Gasteiger partial charge in [-0.2, -0.15) is 0 Å². The van der Waals surface area contributed by atoms with Crippen molar-refractivity contribution in [3.63, 3.8) is 0 Å². The monoisotopic (exact) mass is 425 g/mol. The molecule has 2 saturated heterocycles. The summed E-state index contributed by atoms with van der Waals surface area (Å²) in [5.41, 5.74) is 1.59. The van der Waals surface area contributed by atoms with Gasteiger partial charge in [0.2, 0.25) is 11.8 Å². The molecular formula is C23H28FN5O2. The molecule has 0 aliphatic carbocycles. The van der Waals surface area contributed by atoms with Gasteiger partial charge in [-0.25, -0.2) is 14.4 Å². The lowest BCUT2D eigenvalue weighted by molar-refractivity contribution is -0.131. The molecule has 1 aromatic heterocycles. The Hall–Kier alpha value is -3.03. The number of carbonyl (C=O) groups excluding carboxylic acids is 2. The number of likely N-dealkylation sites (tertiary alicyclic amines) is 2. The number of piperidine rings is 1. The first-order valence-electron chi connectivity index (χ1n) is 10.8. The number of halogens is 1. The van der Waals surface area contributed by atoms with E-state index in [1.807, 2.05) is 25.1 Å². The van der Waals surface area contributed by atoms with Crippen LogP contribution in [0, 0.1) is 5.82 Å². The van der Waals surface area contributed by atoms with Crippen LogP contribution in [0.15, 0.2) is 30.3 Å². The third-order valence-corrected chi connectivity index (χ3v) is 6.24. The number of hydrogen-bond donors (Lipinski definition) is 1. The van der Waals surface area contributed by atoms with Gasteiger partial charge in [0.05, 0.1) is 12.1 Å². The van der Waals surface area contributed by atoms with Crippen molar-refractivity contribution in [1.82, 2.24) is 19.8 Å². The first kappa shape index (κ1) is 21.2. The topological polar surface area (TPSA) is 78.4 Å². The summed E-state index contributed by atoms with van der Waals surface area (Å²) < 4.78 is 13.4. The highest BCUT2D eigenvalue weighted by Crippen LogP contribution is 2.31. The lowest BCUT2D eigenvalue weighted by atomic mass is 9.94. The maximum Gasteiger partial charge on any atom is 0.226 e. The Labute approximate surface area is 181 Å². The van der Waals surface area contributed by atoms with Crippen LogP contribution in [0.1, 0.15) is 48.2 Å². The molecular weight excluding hydrogens is 397 g/mol. The number of anilines is 1. The summed E-state index contributed by atoms with van der Waals surface area (Å²) >= 11 is 0. The molecule has 1 atom stereocenters. The molecule has 4 rings (SSSR count). The highest BCUT2D eigenvalue weighted by atomic mass is 19.1. The summed E-state index contributed by atoms with van der Waals surface area (Å²) in [5.74, 6) is 1.62. The summed E-state index contributed by atoms with van der Waals surface area (Å²) in [5, 5.41) is 3.11. The molecule has 1 N–H and O–H groups in total. The standard InChI is InChI=1S/C23H28FN5O2/c1-25-20-13-19(17-12-21(30)28(2)14-17)26-23(27-20)16-6-8-29(9-7-16)22(31)11-15-4-3-5-18(24)10-15/h3-5,10,13,16-17H,6-9,11-12,14H2,1-2H3,(H,25,26,27)/t17-/m1/s1. The Kier molecular flexibility index (Phi) is 6.15. The third-order valence-electron chi connectivity index (χ3n) is 6.24. The number of likely N-dealkylation sites (N-methyl/N-ethyl adjacent to an activating group) is 1. The zero-order valence-electron chi connectivity index (χ0n) is 18.0. The van der Waals surface area contributed by atoms with Crippen LogP contribution in [-0.4, -0.2) is 65.3 Å². The summed E-state index contributed by atoms with van der Waals surface area (Å²) in [6.07, 6.45) is 2.25. The zero-order chi connectivity index (χ0) is 22.0. The van der Waals surface area contributed by atoms with E-state index in [1.54, 1.807) is 17.0 Å². The van der Waals surface area contributed by atoms with Crippen LogP contribution in [0.4, 0.5) is 10.2 Å². The Morgan fingerprint density at radius 1 is 1.19 bits per heavy atom. The van der Waals surface area contributed by atoms with Crippen LogP contribution in [0.2, 0.25) is 0 Å². The molecule has 3 heterocycles. The first-order valence-corrected chi connectivity index (χ1v) is 10.8. The molecule has 2 fully saturated rings. The summed E-state index contributed by atoms with van der Waals surface area (Å²) in [6, 6.07) is 8.13. The molecule has 2 amide bonds. The fourth-order valence-corrected chi connectivity index (χ4v) is 4.39. The summed E-state index contributed by atoms with van der Waals surface area (Å²) in [6.45, 7) is 1.93. The number of carbonyl (C=O) groups is 2. The molecule has 8 heteroatoms. The number of nitrogens with one attached hydrogen (secondary N) is 1. The summed E-state index contributed by atoms with van der Waals surface area (Å²) in [7, 11) is 3.65. The van der Waals surface area contributed by atoms with E-state index >= 15 is 0 Å².